The Labute approximate surface area is 214 Å². The first-order valence-corrected chi connectivity index (χ1v) is 12.1. The van der Waals surface area contributed by atoms with E-state index in [1.54, 1.807) is 12.2 Å². The van der Waals surface area contributed by atoms with Crippen molar-refractivity contribution < 1.29 is 17.6 Å². The standard InChI is InChI=1S/C31H26F4N2/c1-2-4-23-19-36-31(37-20-23)26-15-13-25(14-16-26)24-11-9-21(10-12-24)7-8-22-17-28(32)27(29(33)18-22)5-3-6-30(34)35/h3,6-20,30H,2,4-5H2,1H3/b6-3+,8-7+. The number of halogens is 4. The van der Waals surface area contributed by atoms with Crippen molar-refractivity contribution in [1.29, 1.82) is 0 Å². The fourth-order valence-corrected chi connectivity index (χ4v) is 3.92. The highest BCUT2D eigenvalue weighted by molar-refractivity contribution is 5.73. The Kier molecular flexibility index (Phi) is 8.62. The zero-order chi connectivity index (χ0) is 26.2. The summed E-state index contributed by atoms with van der Waals surface area (Å²) in [5.41, 5.74) is 5.13. The minimum Gasteiger partial charge on any atom is -0.236 e. The van der Waals surface area contributed by atoms with E-state index in [2.05, 4.69) is 16.9 Å². The second kappa shape index (κ2) is 12.3. The molecule has 0 fully saturated rings. The Hall–Kier alpha value is -4.06. The van der Waals surface area contributed by atoms with Crippen LogP contribution < -0.4 is 0 Å². The quantitative estimate of drug-likeness (QED) is 0.130. The monoisotopic (exact) mass is 502 g/mol. The van der Waals surface area contributed by atoms with Crippen LogP contribution in [0.1, 0.15) is 35.6 Å². The lowest BCUT2D eigenvalue weighted by Crippen LogP contribution is -1.96. The average molecular weight is 503 g/mol. The number of hydrogen-bond acceptors (Lipinski definition) is 2. The van der Waals surface area contributed by atoms with Crippen LogP contribution in [0.5, 0.6) is 0 Å². The zero-order valence-corrected chi connectivity index (χ0v) is 20.3. The van der Waals surface area contributed by atoms with Gasteiger partial charge >= 0.3 is 0 Å². The van der Waals surface area contributed by atoms with Gasteiger partial charge in [-0.1, -0.05) is 80.1 Å². The van der Waals surface area contributed by atoms with E-state index in [-0.39, 0.29) is 12.0 Å². The lowest BCUT2D eigenvalue weighted by Gasteiger charge is -2.06. The van der Waals surface area contributed by atoms with Crippen molar-refractivity contribution in [2.45, 2.75) is 32.6 Å². The first-order chi connectivity index (χ1) is 17.9. The molecule has 0 amide bonds. The van der Waals surface area contributed by atoms with Crippen LogP contribution in [0.4, 0.5) is 17.6 Å². The van der Waals surface area contributed by atoms with Crippen molar-refractivity contribution >= 4 is 12.2 Å². The van der Waals surface area contributed by atoms with Crippen LogP contribution in [0.15, 0.2) is 85.2 Å². The molecule has 0 saturated heterocycles. The van der Waals surface area contributed by atoms with Crippen molar-refractivity contribution in [2.75, 3.05) is 0 Å². The predicted molar refractivity (Wildman–Crippen MR) is 141 cm³/mol. The highest BCUT2D eigenvalue weighted by Crippen LogP contribution is 2.24. The molecule has 6 heteroatoms. The lowest BCUT2D eigenvalue weighted by molar-refractivity contribution is 0.204. The van der Waals surface area contributed by atoms with E-state index in [1.807, 2.05) is 60.9 Å². The van der Waals surface area contributed by atoms with Crippen LogP contribution in [0.25, 0.3) is 34.7 Å². The van der Waals surface area contributed by atoms with Crippen molar-refractivity contribution in [2.24, 2.45) is 0 Å². The minimum atomic E-state index is -2.65. The molecule has 188 valence electrons. The molecule has 2 nitrogen and oxygen atoms in total. The average Bonchev–Trinajstić information content (AvgIpc) is 2.90. The van der Waals surface area contributed by atoms with Crippen molar-refractivity contribution in [1.82, 2.24) is 9.97 Å². The molecule has 4 aromatic rings. The SMILES string of the molecule is CCCc1cnc(-c2ccc(-c3ccc(/C=C/c4cc(F)c(C/C=C/C(F)F)c(F)c4)cc3)cc2)nc1. The molecule has 37 heavy (non-hydrogen) atoms. The number of rotatable bonds is 9. The molecule has 0 atom stereocenters. The van der Waals surface area contributed by atoms with E-state index in [4.69, 9.17) is 0 Å². The Morgan fingerprint density at radius 3 is 1.86 bits per heavy atom. The fraction of sp³-hybridized carbons (Fsp3) is 0.161. The summed E-state index contributed by atoms with van der Waals surface area (Å²) in [6.45, 7) is 2.12. The molecule has 0 saturated carbocycles. The smallest absolute Gasteiger partial charge is 0.236 e. The highest BCUT2D eigenvalue weighted by atomic mass is 19.3. The molecular weight excluding hydrogens is 476 g/mol. The van der Waals surface area contributed by atoms with Gasteiger partial charge in [-0.2, -0.15) is 0 Å². The number of hydrogen-bond donors (Lipinski definition) is 0. The summed E-state index contributed by atoms with van der Waals surface area (Å²) in [5, 5.41) is 0. The maximum absolute atomic E-state index is 14.3. The lowest BCUT2D eigenvalue weighted by atomic mass is 10.0. The number of benzene rings is 3. The van der Waals surface area contributed by atoms with E-state index >= 15 is 0 Å². The van der Waals surface area contributed by atoms with Gasteiger partial charge in [0.15, 0.2) is 5.82 Å². The molecule has 3 aromatic carbocycles. The van der Waals surface area contributed by atoms with Gasteiger partial charge in [0.25, 0.3) is 6.43 Å². The predicted octanol–water partition coefficient (Wildman–Crippen LogP) is 8.58. The third-order valence-electron chi connectivity index (χ3n) is 5.87. The Morgan fingerprint density at radius 1 is 0.757 bits per heavy atom. The summed E-state index contributed by atoms with van der Waals surface area (Å²) in [7, 11) is 0. The van der Waals surface area contributed by atoms with Gasteiger partial charge in [0.2, 0.25) is 0 Å². The largest absolute Gasteiger partial charge is 0.257 e. The van der Waals surface area contributed by atoms with Crippen LogP contribution in [0.2, 0.25) is 0 Å². The molecule has 0 aliphatic carbocycles. The summed E-state index contributed by atoms with van der Waals surface area (Å²) >= 11 is 0. The molecular formula is C31H26F4N2. The molecule has 1 heterocycles. The summed E-state index contributed by atoms with van der Waals surface area (Å²) in [6.07, 6.45) is 7.94. The summed E-state index contributed by atoms with van der Waals surface area (Å²) in [5.74, 6) is -0.836. The van der Waals surface area contributed by atoms with Gasteiger partial charge in [-0.3, -0.25) is 0 Å². The van der Waals surface area contributed by atoms with Gasteiger partial charge in [0.1, 0.15) is 11.6 Å². The van der Waals surface area contributed by atoms with Crippen molar-refractivity contribution in [3.63, 3.8) is 0 Å². The van der Waals surface area contributed by atoms with E-state index in [0.717, 1.165) is 46.7 Å². The molecule has 4 rings (SSSR count). The summed E-state index contributed by atoms with van der Waals surface area (Å²) in [6, 6.07) is 18.2. The number of allylic oxidation sites excluding steroid dienone is 2. The van der Waals surface area contributed by atoms with Crippen LogP contribution in [0, 0.1) is 11.6 Å². The Balaban J connectivity index is 1.42. The summed E-state index contributed by atoms with van der Waals surface area (Å²) in [4.78, 5) is 8.93. The van der Waals surface area contributed by atoms with Crippen LogP contribution in [0.3, 0.4) is 0 Å². The van der Waals surface area contributed by atoms with E-state index < -0.39 is 18.1 Å². The van der Waals surface area contributed by atoms with Crippen LogP contribution >= 0.6 is 0 Å². The normalized spacial score (nSPS) is 11.7. The molecule has 1 aromatic heterocycles. The third-order valence-corrected chi connectivity index (χ3v) is 5.87. The highest BCUT2D eigenvalue weighted by Gasteiger charge is 2.09. The van der Waals surface area contributed by atoms with Crippen molar-refractivity contribution in [3.05, 3.63) is 119 Å². The van der Waals surface area contributed by atoms with E-state index in [1.165, 1.54) is 12.1 Å². The number of alkyl halides is 2. The van der Waals surface area contributed by atoms with Gasteiger partial charge in [-0.25, -0.2) is 27.5 Å². The van der Waals surface area contributed by atoms with Gasteiger partial charge in [0, 0.05) is 23.5 Å². The number of aryl methyl sites for hydroxylation is 1. The first kappa shape index (κ1) is 26.0. The van der Waals surface area contributed by atoms with E-state index in [0.29, 0.717) is 17.5 Å². The molecule has 0 spiro atoms. The first-order valence-electron chi connectivity index (χ1n) is 12.1. The molecule has 0 aliphatic rings. The molecule has 0 aliphatic heterocycles. The fourth-order valence-electron chi connectivity index (χ4n) is 3.92. The Bertz CT molecular complexity index is 1350. The molecule has 0 bridgehead atoms. The van der Waals surface area contributed by atoms with Gasteiger partial charge < -0.3 is 0 Å². The number of nitrogens with zero attached hydrogens (tertiary/aromatic N) is 2. The van der Waals surface area contributed by atoms with Crippen molar-refractivity contribution in [3.8, 4) is 22.5 Å². The van der Waals surface area contributed by atoms with Crippen LogP contribution in [-0.2, 0) is 12.8 Å². The Morgan fingerprint density at radius 2 is 1.30 bits per heavy atom. The molecule has 0 N–H and O–H groups in total. The third kappa shape index (κ3) is 7.00. The van der Waals surface area contributed by atoms with Crippen LogP contribution in [-0.4, -0.2) is 16.4 Å². The summed E-state index contributed by atoms with van der Waals surface area (Å²) < 4.78 is 53.0. The second-order valence-electron chi connectivity index (χ2n) is 8.63. The number of aromatic nitrogens is 2. The van der Waals surface area contributed by atoms with E-state index in [9.17, 15) is 17.6 Å². The maximum Gasteiger partial charge on any atom is 0.257 e. The zero-order valence-electron chi connectivity index (χ0n) is 20.3. The van der Waals surface area contributed by atoms with Gasteiger partial charge in [0.05, 0.1) is 0 Å². The molecule has 0 radical (unpaired) electrons. The topological polar surface area (TPSA) is 25.8 Å². The molecule has 0 unspecified atom stereocenters. The second-order valence-corrected chi connectivity index (χ2v) is 8.63. The minimum absolute atomic E-state index is 0.229. The maximum atomic E-state index is 14.3. The van der Waals surface area contributed by atoms with Gasteiger partial charge in [-0.15, -0.1) is 0 Å². The van der Waals surface area contributed by atoms with Gasteiger partial charge in [-0.05, 0) is 58.9 Å².